The number of phenolic OH excluding ortho intramolecular Hbond substituents is 1. The Morgan fingerprint density at radius 1 is 1.20 bits per heavy atom. The summed E-state index contributed by atoms with van der Waals surface area (Å²) in [6, 6.07) is 12.4. The molecule has 0 aromatic heterocycles. The monoisotopic (exact) mass is 289 g/mol. The first-order valence-corrected chi connectivity index (χ1v) is 8.38. The van der Waals surface area contributed by atoms with Gasteiger partial charge in [-0.15, -0.1) is 0 Å². The summed E-state index contributed by atoms with van der Waals surface area (Å²) in [7, 11) is 0. The third-order valence-electron chi connectivity index (χ3n) is 3.54. The van der Waals surface area contributed by atoms with Gasteiger partial charge in [0.2, 0.25) is 0 Å². The van der Waals surface area contributed by atoms with Crippen molar-refractivity contribution in [2.75, 3.05) is 11.5 Å². The van der Waals surface area contributed by atoms with E-state index in [2.05, 4.69) is 31.3 Å². The highest BCUT2D eigenvalue weighted by molar-refractivity contribution is 7.99. The average molecular weight is 289 g/mol. The third kappa shape index (κ3) is 3.90. The van der Waals surface area contributed by atoms with E-state index in [9.17, 15) is 5.11 Å². The van der Waals surface area contributed by atoms with E-state index >= 15 is 0 Å². The number of nitrogens with one attached hydrogen (secondary N) is 1. The third-order valence-corrected chi connectivity index (χ3v) is 4.48. The summed E-state index contributed by atoms with van der Waals surface area (Å²) in [5.41, 5.74) is 0.998. The van der Waals surface area contributed by atoms with Gasteiger partial charge in [0.25, 0.3) is 0 Å². The lowest BCUT2D eigenvalue weighted by Crippen LogP contribution is -2.26. The van der Waals surface area contributed by atoms with Crippen LogP contribution in [0.5, 0.6) is 5.75 Å². The van der Waals surface area contributed by atoms with Gasteiger partial charge in [-0.1, -0.05) is 37.3 Å². The summed E-state index contributed by atoms with van der Waals surface area (Å²) < 4.78 is 0. The lowest BCUT2D eigenvalue weighted by atomic mass is 10.0. The van der Waals surface area contributed by atoms with Crippen LogP contribution < -0.4 is 5.32 Å². The fourth-order valence-corrected chi connectivity index (χ4v) is 3.10. The molecule has 0 heterocycles. The summed E-state index contributed by atoms with van der Waals surface area (Å²) >= 11 is 1.97. The van der Waals surface area contributed by atoms with Crippen LogP contribution in [0.2, 0.25) is 0 Å². The zero-order valence-corrected chi connectivity index (χ0v) is 13.0. The van der Waals surface area contributed by atoms with E-state index in [0.717, 1.165) is 17.4 Å². The second-order valence-electron chi connectivity index (χ2n) is 5.05. The Morgan fingerprint density at radius 2 is 2.00 bits per heavy atom. The highest BCUT2D eigenvalue weighted by Crippen LogP contribution is 2.27. The van der Waals surface area contributed by atoms with Crippen LogP contribution >= 0.6 is 11.8 Å². The van der Waals surface area contributed by atoms with E-state index in [1.54, 1.807) is 6.07 Å². The maximum Gasteiger partial charge on any atom is 0.120 e. The molecule has 1 unspecified atom stereocenters. The molecule has 0 spiro atoms. The smallest absolute Gasteiger partial charge is 0.120 e. The van der Waals surface area contributed by atoms with Gasteiger partial charge < -0.3 is 10.4 Å². The lowest BCUT2D eigenvalue weighted by Gasteiger charge is -2.15. The zero-order valence-electron chi connectivity index (χ0n) is 12.2. The molecule has 2 N–H and O–H groups in total. The number of hydrogen-bond donors (Lipinski definition) is 2. The Labute approximate surface area is 125 Å². The average Bonchev–Trinajstić information content (AvgIpc) is 2.46. The minimum absolute atomic E-state index is 0.381. The first kappa shape index (κ1) is 15.2. The summed E-state index contributed by atoms with van der Waals surface area (Å²) in [6.45, 7) is 5.11. The molecule has 0 amide bonds. The Kier molecular flexibility index (Phi) is 5.74. The van der Waals surface area contributed by atoms with Gasteiger partial charge in [0.05, 0.1) is 0 Å². The van der Waals surface area contributed by atoms with Crippen LogP contribution in [0.25, 0.3) is 10.8 Å². The van der Waals surface area contributed by atoms with Crippen LogP contribution in [0, 0.1) is 0 Å². The Balaban J connectivity index is 2.04. The number of aromatic hydroxyl groups is 1. The minimum atomic E-state index is 0.381. The number of fused-ring (bicyclic) bond motifs is 1. The molecule has 0 bridgehead atoms. The fourth-order valence-electron chi connectivity index (χ4n) is 2.29. The van der Waals surface area contributed by atoms with Crippen LogP contribution in [0.15, 0.2) is 36.4 Å². The Morgan fingerprint density at radius 3 is 2.80 bits per heavy atom. The molecule has 108 valence electrons. The van der Waals surface area contributed by atoms with Crippen molar-refractivity contribution in [3.8, 4) is 5.75 Å². The Bertz CT molecular complexity index is 556. The molecule has 0 fully saturated rings. The van der Waals surface area contributed by atoms with Gasteiger partial charge in [0.1, 0.15) is 5.75 Å². The molecule has 2 nitrogen and oxygen atoms in total. The van der Waals surface area contributed by atoms with Crippen molar-refractivity contribution in [2.24, 2.45) is 0 Å². The quantitative estimate of drug-likeness (QED) is 0.750. The topological polar surface area (TPSA) is 32.3 Å². The maximum absolute atomic E-state index is 10.1. The molecule has 20 heavy (non-hydrogen) atoms. The number of hydrogen-bond acceptors (Lipinski definition) is 3. The van der Waals surface area contributed by atoms with Crippen LogP contribution in [0.1, 0.15) is 25.8 Å². The van der Waals surface area contributed by atoms with E-state index in [-0.39, 0.29) is 0 Å². The molecule has 0 radical (unpaired) electrons. The molecule has 0 saturated carbocycles. The molecule has 1 atom stereocenters. The zero-order chi connectivity index (χ0) is 14.4. The molecule has 2 rings (SSSR count). The lowest BCUT2D eigenvalue weighted by molar-refractivity contribution is 0.459. The van der Waals surface area contributed by atoms with Crippen molar-refractivity contribution in [3.63, 3.8) is 0 Å². The summed E-state index contributed by atoms with van der Waals surface area (Å²) in [5.74, 6) is 2.74. The van der Waals surface area contributed by atoms with E-state index < -0.39 is 0 Å². The highest BCUT2D eigenvalue weighted by atomic mass is 32.2. The fraction of sp³-hybridized carbons (Fsp3) is 0.412. The van der Waals surface area contributed by atoms with Gasteiger partial charge in [-0.05, 0) is 41.7 Å². The SMILES string of the molecule is CCSCCC(C)NCc1c(O)ccc2ccccc12. The number of rotatable bonds is 7. The van der Waals surface area contributed by atoms with Gasteiger partial charge in [-0.2, -0.15) is 11.8 Å². The maximum atomic E-state index is 10.1. The van der Waals surface area contributed by atoms with E-state index in [1.165, 1.54) is 16.9 Å². The molecule has 0 aliphatic rings. The van der Waals surface area contributed by atoms with Crippen molar-refractivity contribution in [2.45, 2.75) is 32.9 Å². The molecule has 3 heteroatoms. The number of phenols is 1. The molecule has 2 aromatic rings. The standard InChI is InChI=1S/C17H23NOS/c1-3-20-11-10-13(2)18-12-16-15-7-5-4-6-14(15)8-9-17(16)19/h4-9,13,18-19H,3,10-12H2,1-2H3. The largest absolute Gasteiger partial charge is 0.508 e. The summed E-state index contributed by atoms with van der Waals surface area (Å²) in [4.78, 5) is 0. The molecule has 0 saturated heterocycles. The van der Waals surface area contributed by atoms with Crippen molar-refractivity contribution in [1.82, 2.24) is 5.32 Å². The van der Waals surface area contributed by atoms with Gasteiger partial charge in [0, 0.05) is 18.2 Å². The van der Waals surface area contributed by atoms with Crippen molar-refractivity contribution < 1.29 is 5.11 Å². The van der Waals surface area contributed by atoms with Gasteiger partial charge >= 0.3 is 0 Å². The Hall–Kier alpha value is -1.19. The second-order valence-corrected chi connectivity index (χ2v) is 6.45. The van der Waals surface area contributed by atoms with E-state index in [4.69, 9.17) is 0 Å². The van der Waals surface area contributed by atoms with Gasteiger partial charge in [-0.3, -0.25) is 0 Å². The predicted octanol–water partition coefficient (Wildman–Crippen LogP) is 4.17. The van der Waals surface area contributed by atoms with Crippen molar-refractivity contribution in [1.29, 1.82) is 0 Å². The normalized spacial score (nSPS) is 12.7. The van der Waals surface area contributed by atoms with Crippen LogP contribution in [0.3, 0.4) is 0 Å². The van der Waals surface area contributed by atoms with E-state index in [1.807, 2.05) is 30.0 Å². The minimum Gasteiger partial charge on any atom is -0.508 e. The molecular formula is C17H23NOS. The number of thioether (sulfide) groups is 1. The summed E-state index contributed by atoms with van der Waals surface area (Å²) in [6.07, 6.45) is 1.16. The molecule has 0 aliphatic carbocycles. The highest BCUT2D eigenvalue weighted by Gasteiger charge is 2.08. The number of benzene rings is 2. The molecular weight excluding hydrogens is 266 g/mol. The van der Waals surface area contributed by atoms with Gasteiger partial charge in [-0.25, -0.2) is 0 Å². The van der Waals surface area contributed by atoms with Gasteiger partial charge in [0.15, 0.2) is 0 Å². The van der Waals surface area contributed by atoms with Crippen LogP contribution in [-0.4, -0.2) is 22.7 Å². The summed E-state index contributed by atoms with van der Waals surface area (Å²) in [5, 5.41) is 15.9. The van der Waals surface area contributed by atoms with Crippen molar-refractivity contribution in [3.05, 3.63) is 42.0 Å². The van der Waals surface area contributed by atoms with Crippen molar-refractivity contribution >= 4 is 22.5 Å². The van der Waals surface area contributed by atoms with Crippen LogP contribution in [0.4, 0.5) is 0 Å². The second kappa shape index (κ2) is 7.55. The molecule has 2 aromatic carbocycles. The molecule has 0 aliphatic heterocycles. The first-order valence-electron chi connectivity index (χ1n) is 7.23. The first-order chi connectivity index (χ1) is 9.72. The van der Waals surface area contributed by atoms with E-state index in [0.29, 0.717) is 18.3 Å². The predicted molar refractivity (Wildman–Crippen MR) is 89.5 cm³/mol. The van der Waals surface area contributed by atoms with Crippen LogP contribution in [-0.2, 0) is 6.54 Å².